The summed E-state index contributed by atoms with van der Waals surface area (Å²) in [5, 5.41) is 16.5. The van der Waals surface area contributed by atoms with Crippen LogP contribution in [0.1, 0.15) is 6.42 Å². The highest BCUT2D eigenvalue weighted by Crippen LogP contribution is 2.19. The van der Waals surface area contributed by atoms with Gasteiger partial charge in [-0.15, -0.1) is 0 Å². The lowest BCUT2D eigenvalue weighted by atomic mass is 10.1. The van der Waals surface area contributed by atoms with Crippen molar-refractivity contribution < 1.29 is 23.2 Å². The molecule has 0 aliphatic heterocycles. The average molecular weight is 192 g/mol. The lowest BCUT2D eigenvalue weighted by Gasteiger charge is -2.13. The van der Waals surface area contributed by atoms with Crippen molar-refractivity contribution in [3.8, 4) is 0 Å². The van der Waals surface area contributed by atoms with E-state index in [4.69, 9.17) is 14.8 Å². The van der Waals surface area contributed by atoms with Gasteiger partial charge in [-0.1, -0.05) is 0 Å². The van der Waals surface area contributed by atoms with Gasteiger partial charge in [0.2, 0.25) is 0 Å². The number of rotatable bonds is 1. The van der Waals surface area contributed by atoms with E-state index in [0.29, 0.717) is 0 Å². The first-order valence-electron chi connectivity index (χ1n) is 3.16. The van der Waals surface area contributed by atoms with Crippen molar-refractivity contribution in [2.75, 3.05) is 0 Å². The summed E-state index contributed by atoms with van der Waals surface area (Å²) in [4.78, 5) is 0. The molecule has 0 amide bonds. The second-order valence-electron chi connectivity index (χ2n) is 2.48. The third kappa shape index (κ3) is 1.99. The molecule has 3 N–H and O–H groups in total. The third-order valence-electron chi connectivity index (χ3n) is 1.46. The van der Waals surface area contributed by atoms with Crippen molar-refractivity contribution in [3.05, 3.63) is 23.7 Å². The minimum Gasteiger partial charge on any atom is -0.512 e. The van der Waals surface area contributed by atoms with Crippen LogP contribution in [0.15, 0.2) is 23.7 Å². The second-order valence-corrected chi connectivity index (χ2v) is 4.12. The number of allylic oxidation sites excluding steroid dienone is 2. The molecule has 0 saturated heterocycles. The van der Waals surface area contributed by atoms with Crippen molar-refractivity contribution in [1.29, 1.82) is 0 Å². The molecule has 1 unspecified atom stereocenters. The van der Waals surface area contributed by atoms with Gasteiger partial charge in [-0.25, -0.2) is 0 Å². The molecule has 0 saturated carbocycles. The van der Waals surface area contributed by atoms with Gasteiger partial charge in [-0.2, -0.15) is 8.42 Å². The standard InChI is InChI=1S/C6H8O5S/c7-4-1-5(8)3-6(2-4)12(9,10)11/h1-2,6-8H,3H2,(H,9,10,11). The highest BCUT2D eigenvalue weighted by atomic mass is 32.2. The van der Waals surface area contributed by atoms with Crippen molar-refractivity contribution in [3.63, 3.8) is 0 Å². The largest absolute Gasteiger partial charge is 0.512 e. The van der Waals surface area contributed by atoms with Crippen LogP contribution >= 0.6 is 0 Å². The van der Waals surface area contributed by atoms with Crippen molar-refractivity contribution in [2.24, 2.45) is 0 Å². The summed E-state index contributed by atoms with van der Waals surface area (Å²) in [6.45, 7) is 0. The molecule has 0 bridgehead atoms. The Balaban J connectivity index is 2.96. The summed E-state index contributed by atoms with van der Waals surface area (Å²) in [7, 11) is -4.23. The molecule has 1 aliphatic rings. The van der Waals surface area contributed by atoms with E-state index in [1.54, 1.807) is 0 Å². The van der Waals surface area contributed by atoms with Crippen LogP contribution in [0.2, 0.25) is 0 Å². The van der Waals surface area contributed by atoms with E-state index in [1.165, 1.54) is 0 Å². The zero-order valence-electron chi connectivity index (χ0n) is 6.01. The van der Waals surface area contributed by atoms with Gasteiger partial charge in [0.15, 0.2) is 0 Å². The number of hydrogen-bond acceptors (Lipinski definition) is 4. The summed E-state index contributed by atoms with van der Waals surface area (Å²) in [6, 6.07) is 0. The summed E-state index contributed by atoms with van der Waals surface area (Å²) in [5.74, 6) is -0.626. The molecule has 0 fully saturated rings. The van der Waals surface area contributed by atoms with Gasteiger partial charge < -0.3 is 10.2 Å². The lowest BCUT2D eigenvalue weighted by molar-refractivity contribution is 0.359. The maximum Gasteiger partial charge on any atom is 0.271 e. The fraction of sp³-hybridized carbons (Fsp3) is 0.333. The van der Waals surface area contributed by atoms with Crippen molar-refractivity contribution in [2.45, 2.75) is 11.7 Å². The molecule has 0 radical (unpaired) electrons. The van der Waals surface area contributed by atoms with Gasteiger partial charge in [0.05, 0.1) is 5.76 Å². The Morgan fingerprint density at radius 2 is 2.00 bits per heavy atom. The molecule has 5 nitrogen and oxygen atoms in total. The number of aliphatic hydroxyl groups excluding tert-OH is 2. The first kappa shape index (κ1) is 9.08. The highest BCUT2D eigenvalue weighted by molar-refractivity contribution is 7.86. The zero-order chi connectivity index (χ0) is 9.35. The Morgan fingerprint density at radius 1 is 1.42 bits per heavy atom. The molecule has 0 spiro atoms. The van der Waals surface area contributed by atoms with Crippen LogP contribution in [0, 0.1) is 0 Å². The fourth-order valence-corrected chi connectivity index (χ4v) is 1.62. The van der Waals surface area contributed by atoms with E-state index in [0.717, 1.165) is 12.2 Å². The Labute approximate surface area is 69.4 Å². The van der Waals surface area contributed by atoms with Crippen LogP contribution in [-0.4, -0.2) is 28.4 Å². The summed E-state index contributed by atoms with van der Waals surface area (Å²) < 4.78 is 29.6. The molecule has 1 rings (SSSR count). The fourth-order valence-electron chi connectivity index (χ4n) is 0.925. The Bertz CT molecular complexity index is 337. The van der Waals surface area contributed by atoms with Crippen LogP contribution in [0.25, 0.3) is 0 Å². The monoisotopic (exact) mass is 192 g/mol. The second kappa shape index (κ2) is 2.80. The maximum atomic E-state index is 10.5. The molecular weight excluding hydrogens is 184 g/mol. The first-order chi connectivity index (χ1) is 5.39. The van der Waals surface area contributed by atoms with Crippen LogP contribution in [0.5, 0.6) is 0 Å². The molecule has 0 aromatic rings. The van der Waals surface area contributed by atoms with Gasteiger partial charge in [-0.05, 0) is 6.08 Å². The minimum absolute atomic E-state index is 0.205. The predicted octanol–water partition coefficient (Wildman–Crippen LogP) is 0.530. The number of aliphatic hydroxyl groups is 2. The van der Waals surface area contributed by atoms with Gasteiger partial charge in [0.25, 0.3) is 10.1 Å². The smallest absolute Gasteiger partial charge is 0.271 e. The van der Waals surface area contributed by atoms with E-state index in [9.17, 15) is 8.42 Å². The van der Waals surface area contributed by atoms with Crippen LogP contribution < -0.4 is 0 Å². The van der Waals surface area contributed by atoms with E-state index in [-0.39, 0.29) is 17.9 Å². The quantitative estimate of drug-likeness (QED) is 0.527. The molecular formula is C6H8O5S. The van der Waals surface area contributed by atoms with Gasteiger partial charge in [0.1, 0.15) is 11.0 Å². The molecule has 1 aliphatic carbocycles. The van der Waals surface area contributed by atoms with Gasteiger partial charge >= 0.3 is 0 Å². The van der Waals surface area contributed by atoms with Crippen molar-refractivity contribution >= 4 is 10.1 Å². The van der Waals surface area contributed by atoms with E-state index in [1.807, 2.05) is 0 Å². The molecule has 1 atom stereocenters. The first-order valence-corrected chi connectivity index (χ1v) is 4.66. The molecule has 0 aromatic heterocycles. The SMILES string of the molecule is O=S(=O)(O)C1C=C(O)C=C(O)C1. The summed E-state index contributed by atoms with van der Waals surface area (Å²) in [6.07, 6.45) is 1.79. The molecule has 6 heteroatoms. The molecule has 0 heterocycles. The van der Waals surface area contributed by atoms with Gasteiger partial charge in [-0.3, -0.25) is 4.55 Å². The summed E-state index contributed by atoms with van der Waals surface area (Å²) >= 11 is 0. The van der Waals surface area contributed by atoms with E-state index >= 15 is 0 Å². The zero-order valence-corrected chi connectivity index (χ0v) is 6.82. The average Bonchev–Trinajstić information content (AvgIpc) is 1.82. The van der Waals surface area contributed by atoms with Crippen LogP contribution in [0.4, 0.5) is 0 Å². The Morgan fingerprint density at radius 3 is 2.42 bits per heavy atom. The van der Waals surface area contributed by atoms with Crippen LogP contribution in [0.3, 0.4) is 0 Å². The molecule has 12 heavy (non-hydrogen) atoms. The van der Waals surface area contributed by atoms with Gasteiger partial charge in [0, 0.05) is 12.5 Å². The Kier molecular flexibility index (Phi) is 2.12. The van der Waals surface area contributed by atoms with E-state index < -0.39 is 15.4 Å². The topological polar surface area (TPSA) is 94.8 Å². The summed E-state index contributed by atoms with van der Waals surface area (Å²) in [5.41, 5.74) is 0. The normalized spacial score (nSPS) is 24.6. The third-order valence-corrected chi connectivity index (χ3v) is 2.53. The highest BCUT2D eigenvalue weighted by Gasteiger charge is 2.25. The lowest BCUT2D eigenvalue weighted by Crippen LogP contribution is -2.21. The number of hydrogen-bond donors (Lipinski definition) is 3. The minimum atomic E-state index is -4.23. The molecule has 68 valence electrons. The van der Waals surface area contributed by atoms with E-state index in [2.05, 4.69) is 0 Å². The van der Waals surface area contributed by atoms with Crippen molar-refractivity contribution in [1.82, 2.24) is 0 Å². The Hall–Kier alpha value is -1.01. The van der Waals surface area contributed by atoms with Crippen LogP contribution in [-0.2, 0) is 10.1 Å². The predicted molar refractivity (Wildman–Crippen MR) is 41.4 cm³/mol. The molecule has 0 aromatic carbocycles. The maximum absolute atomic E-state index is 10.5.